The Morgan fingerprint density at radius 1 is 1.24 bits per heavy atom. The molecule has 0 radical (unpaired) electrons. The maximum atomic E-state index is 9.43. The molecule has 0 amide bonds. The summed E-state index contributed by atoms with van der Waals surface area (Å²) in [5.41, 5.74) is 5.02. The molecule has 108 valence electrons. The van der Waals surface area contributed by atoms with E-state index >= 15 is 0 Å². The molecule has 1 heterocycles. The second-order valence-electron chi connectivity index (χ2n) is 5.47. The number of aromatic nitrogens is 1. The summed E-state index contributed by atoms with van der Waals surface area (Å²) in [5.74, 6) is 0. The van der Waals surface area contributed by atoms with E-state index in [-0.39, 0.29) is 0 Å². The van der Waals surface area contributed by atoms with Crippen molar-refractivity contribution in [3.8, 4) is 6.07 Å². The number of allylic oxidation sites excluding steroid dienone is 1. The number of benzene rings is 1. The van der Waals surface area contributed by atoms with E-state index in [1.165, 1.54) is 11.4 Å². The van der Waals surface area contributed by atoms with E-state index in [2.05, 4.69) is 44.4 Å². The average molecular weight is 299 g/mol. The van der Waals surface area contributed by atoms with Gasteiger partial charge in [0.1, 0.15) is 0 Å². The fourth-order valence-electron chi connectivity index (χ4n) is 2.71. The van der Waals surface area contributed by atoms with Crippen molar-refractivity contribution in [1.29, 1.82) is 5.26 Å². The highest BCUT2D eigenvalue weighted by atomic mass is 35.5. The maximum absolute atomic E-state index is 9.43. The van der Waals surface area contributed by atoms with Gasteiger partial charge in [-0.3, -0.25) is 0 Å². The quantitative estimate of drug-likeness (QED) is 0.697. The summed E-state index contributed by atoms with van der Waals surface area (Å²) >= 11 is 5.90. The normalized spacial score (nSPS) is 11.8. The summed E-state index contributed by atoms with van der Waals surface area (Å²) in [4.78, 5) is 0. The van der Waals surface area contributed by atoms with Crippen LogP contribution in [0, 0.1) is 25.2 Å². The summed E-state index contributed by atoms with van der Waals surface area (Å²) in [6, 6.07) is 12.2. The fourth-order valence-corrected chi connectivity index (χ4v) is 2.83. The van der Waals surface area contributed by atoms with Gasteiger partial charge in [0.05, 0.1) is 11.6 Å². The zero-order valence-electron chi connectivity index (χ0n) is 12.8. The van der Waals surface area contributed by atoms with Crippen molar-refractivity contribution in [2.75, 3.05) is 0 Å². The van der Waals surface area contributed by atoms with Gasteiger partial charge in [-0.15, -0.1) is 0 Å². The predicted molar refractivity (Wildman–Crippen MR) is 89.2 cm³/mol. The molecule has 0 unspecified atom stereocenters. The Bertz CT molecular complexity index is 713. The van der Waals surface area contributed by atoms with Crippen molar-refractivity contribution in [2.45, 2.75) is 33.7 Å². The highest BCUT2D eigenvalue weighted by Crippen LogP contribution is 2.25. The third kappa shape index (κ3) is 3.20. The van der Waals surface area contributed by atoms with E-state index in [0.717, 1.165) is 11.1 Å². The smallest absolute Gasteiger partial charge is 0.0998 e. The van der Waals surface area contributed by atoms with E-state index in [9.17, 15) is 5.26 Å². The number of halogens is 1. The molecule has 0 fully saturated rings. The molecule has 2 rings (SSSR count). The maximum Gasteiger partial charge on any atom is 0.0998 e. The minimum Gasteiger partial charge on any atom is -0.346 e. The van der Waals surface area contributed by atoms with Crippen LogP contribution >= 0.6 is 11.6 Å². The van der Waals surface area contributed by atoms with E-state index in [1.54, 1.807) is 12.1 Å². The highest BCUT2D eigenvalue weighted by molar-refractivity contribution is 6.30. The van der Waals surface area contributed by atoms with Crippen molar-refractivity contribution in [3.05, 3.63) is 57.9 Å². The van der Waals surface area contributed by atoms with E-state index in [1.807, 2.05) is 18.2 Å². The van der Waals surface area contributed by atoms with Crippen LogP contribution in [0.3, 0.4) is 0 Å². The molecule has 0 saturated heterocycles. The first-order chi connectivity index (χ1) is 9.93. The van der Waals surface area contributed by atoms with Crippen molar-refractivity contribution in [1.82, 2.24) is 4.57 Å². The number of nitrogens with zero attached hydrogens (tertiary/aromatic N) is 2. The zero-order valence-corrected chi connectivity index (χ0v) is 13.6. The average Bonchev–Trinajstić information content (AvgIpc) is 2.71. The van der Waals surface area contributed by atoms with Crippen LogP contribution in [0.15, 0.2) is 30.3 Å². The molecule has 3 heteroatoms. The second kappa shape index (κ2) is 6.20. The lowest BCUT2D eigenvalue weighted by Crippen LogP contribution is -2.04. The van der Waals surface area contributed by atoms with Gasteiger partial charge in [0.15, 0.2) is 0 Å². The lowest BCUT2D eigenvalue weighted by Gasteiger charge is -2.13. The Hall–Kier alpha value is -1.98. The standard InChI is InChI=1S/C18H19ClN2/c1-12(2)21-13(3)9-16(14(21)4)10-17(11-20)15-5-7-18(19)8-6-15/h5-10,12H,1-4H3/b17-10+. The first-order valence-corrected chi connectivity index (χ1v) is 7.38. The van der Waals surface area contributed by atoms with E-state index in [4.69, 9.17) is 11.6 Å². The topological polar surface area (TPSA) is 28.7 Å². The SMILES string of the molecule is Cc1cc(/C=C(\C#N)c2ccc(Cl)cc2)c(C)n1C(C)C. The van der Waals surface area contributed by atoms with Crippen molar-refractivity contribution >= 4 is 23.3 Å². The molecule has 0 bridgehead atoms. The molecule has 0 atom stereocenters. The van der Waals surface area contributed by atoms with Crippen LogP contribution in [-0.2, 0) is 0 Å². The Morgan fingerprint density at radius 2 is 1.86 bits per heavy atom. The third-order valence-corrected chi connectivity index (χ3v) is 3.87. The van der Waals surface area contributed by atoms with Crippen LogP contribution < -0.4 is 0 Å². The van der Waals surface area contributed by atoms with Crippen LogP contribution in [0.25, 0.3) is 11.6 Å². The van der Waals surface area contributed by atoms with Crippen LogP contribution in [0.4, 0.5) is 0 Å². The van der Waals surface area contributed by atoms with Crippen LogP contribution in [0.1, 0.15) is 42.4 Å². The van der Waals surface area contributed by atoms with Gasteiger partial charge < -0.3 is 4.57 Å². The number of hydrogen-bond acceptors (Lipinski definition) is 1. The van der Waals surface area contributed by atoms with Crippen molar-refractivity contribution < 1.29 is 0 Å². The Morgan fingerprint density at radius 3 is 2.33 bits per heavy atom. The molecule has 0 saturated carbocycles. The zero-order chi connectivity index (χ0) is 15.6. The highest BCUT2D eigenvalue weighted by Gasteiger charge is 2.11. The third-order valence-electron chi connectivity index (χ3n) is 3.62. The van der Waals surface area contributed by atoms with E-state index < -0.39 is 0 Å². The molecular formula is C18H19ClN2. The van der Waals surface area contributed by atoms with Crippen LogP contribution in [0.2, 0.25) is 5.02 Å². The Labute approximate surface area is 131 Å². The molecular weight excluding hydrogens is 280 g/mol. The van der Waals surface area contributed by atoms with Gasteiger partial charge in [0.25, 0.3) is 0 Å². The molecule has 0 aliphatic rings. The lowest BCUT2D eigenvalue weighted by molar-refractivity contribution is 0.574. The van der Waals surface area contributed by atoms with Gasteiger partial charge in [-0.05, 0) is 63.1 Å². The molecule has 0 spiro atoms. The summed E-state index contributed by atoms with van der Waals surface area (Å²) in [5, 5.41) is 10.1. The Kier molecular flexibility index (Phi) is 4.55. The first-order valence-electron chi connectivity index (χ1n) is 7.00. The summed E-state index contributed by atoms with van der Waals surface area (Å²) in [6.07, 6.45) is 1.95. The minimum absolute atomic E-state index is 0.410. The summed E-state index contributed by atoms with van der Waals surface area (Å²) in [7, 11) is 0. The molecule has 2 aromatic rings. The lowest BCUT2D eigenvalue weighted by atomic mass is 10.0. The van der Waals surface area contributed by atoms with Gasteiger partial charge in [0, 0.05) is 22.5 Å². The van der Waals surface area contributed by atoms with Gasteiger partial charge in [-0.2, -0.15) is 5.26 Å². The molecule has 1 aromatic carbocycles. The molecule has 21 heavy (non-hydrogen) atoms. The van der Waals surface area contributed by atoms with Gasteiger partial charge in [-0.1, -0.05) is 23.7 Å². The number of hydrogen-bond donors (Lipinski definition) is 0. The van der Waals surface area contributed by atoms with Gasteiger partial charge >= 0.3 is 0 Å². The minimum atomic E-state index is 0.410. The number of aryl methyl sites for hydroxylation is 1. The number of nitriles is 1. The largest absolute Gasteiger partial charge is 0.346 e. The molecule has 0 aliphatic carbocycles. The molecule has 0 aliphatic heterocycles. The molecule has 2 nitrogen and oxygen atoms in total. The van der Waals surface area contributed by atoms with Crippen LogP contribution in [-0.4, -0.2) is 4.57 Å². The molecule has 1 aromatic heterocycles. The number of rotatable bonds is 3. The first kappa shape index (κ1) is 15.4. The molecule has 0 N–H and O–H groups in total. The van der Waals surface area contributed by atoms with E-state index in [0.29, 0.717) is 16.6 Å². The van der Waals surface area contributed by atoms with Crippen molar-refractivity contribution in [3.63, 3.8) is 0 Å². The monoisotopic (exact) mass is 298 g/mol. The summed E-state index contributed by atoms with van der Waals surface area (Å²) in [6.45, 7) is 8.52. The Balaban J connectivity index is 2.49. The second-order valence-corrected chi connectivity index (χ2v) is 5.90. The van der Waals surface area contributed by atoms with Gasteiger partial charge in [-0.25, -0.2) is 0 Å². The predicted octanol–water partition coefficient (Wildman–Crippen LogP) is 5.40. The summed E-state index contributed by atoms with van der Waals surface area (Å²) < 4.78 is 2.28. The van der Waals surface area contributed by atoms with Crippen LogP contribution in [0.5, 0.6) is 0 Å². The van der Waals surface area contributed by atoms with Gasteiger partial charge in [0.2, 0.25) is 0 Å². The van der Waals surface area contributed by atoms with Crippen molar-refractivity contribution in [2.24, 2.45) is 0 Å². The fraction of sp³-hybridized carbons (Fsp3) is 0.278.